The van der Waals surface area contributed by atoms with Crippen molar-refractivity contribution in [3.05, 3.63) is 28.0 Å². The summed E-state index contributed by atoms with van der Waals surface area (Å²) in [5.74, 6) is -5.45. The second-order valence-corrected chi connectivity index (χ2v) is 4.11. The van der Waals surface area contributed by atoms with E-state index in [1.165, 1.54) is 12.1 Å². The Kier molecular flexibility index (Phi) is 2.95. The SMILES string of the molecule is FC(F)C(F)(F)c1nc2cc(Cl)c(Cl)cc2[nH]1. The molecular formula is C9H4Cl2F4N2. The van der Waals surface area contributed by atoms with Gasteiger partial charge in [0.05, 0.1) is 21.1 Å². The number of H-pyrrole nitrogens is 1. The fourth-order valence-corrected chi connectivity index (χ4v) is 1.59. The predicted octanol–water partition coefficient (Wildman–Crippen LogP) is 4.23. The first-order valence-electron chi connectivity index (χ1n) is 4.33. The molecule has 0 unspecified atom stereocenters. The van der Waals surface area contributed by atoms with Gasteiger partial charge in [-0.15, -0.1) is 0 Å². The summed E-state index contributed by atoms with van der Waals surface area (Å²) >= 11 is 11.3. The fraction of sp³-hybridized carbons (Fsp3) is 0.222. The number of fused-ring (bicyclic) bond motifs is 1. The maximum atomic E-state index is 13.0. The zero-order valence-electron chi connectivity index (χ0n) is 7.95. The maximum absolute atomic E-state index is 13.0. The van der Waals surface area contributed by atoms with Gasteiger partial charge in [0.15, 0.2) is 5.82 Å². The lowest BCUT2D eigenvalue weighted by atomic mass is 10.3. The van der Waals surface area contributed by atoms with Crippen LogP contribution in [0.25, 0.3) is 11.0 Å². The fourth-order valence-electron chi connectivity index (χ4n) is 1.27. The Bertz CT molecular complexity index is 528. The lowest BCUT2D eigenvalue weighted by molar-refractivity contribution is -0.140. The van der Waals surface area contributed by atoms with Gasteiger partial charge in [-0.3, -0.25) is 0 Å². The number of rotatable bonds is 2. The summed E-state index contributed by atoms with van der Waals surface area (Å²) in [7, 11) is 0. The van der Waals surface area contributed by atoms with Crippen LogP contribution in [0.2, 0.25) is 10.0 Å². The minimum Gasteiger partial charge on any atom is -0.337 e. The van der Waals surface area contributed by atoms with E-state index in [1.807, 2.05) is 0 Å². The summed E-state index contributed by atoms with van der Waals surface area (Å²) in [5.41, 5.74) is 0.171. The third kappa shape index (κ3) is 2.07. The topological polar surface area (TPSA) is 28.7 Å². The van der Waals surface area contributed by atoms with E-state index in [4.69, 9.17) is 23.2 Å². The first-order chi connectivity index (χ1) is 7.82. The Morgan fingerprint density at radius 3 is 2.35 bits per heavy atom. The largest absolute Gasteiger partial charge is 0.363 e. The minimum absolute atomic E-state index is 0.0507. The highest BCUT2D eigenvalue weighted by Crippen LogP contribution is 2.35. The molecule has 1 N–H and O–H groups in total. The Morgan fingerprint density at radius 1 is 1.18 bits per heavy atom. The second-order valence-electron chi connectivity index (χ2n) is 3.29. The molecule has 0 atom stereocenters. The van der Waals surface area contributed by atoms with Crippen LogP contribution in [0.1, 0.15) is 5.82 Å². The molecule has 92 valence electrons. The van der Waals surface area contributed by atoms with E-state index >= 15 is 0 Å². The van der Waals surface area contributed by atoms with Crippen molar-refractivity contribution in [1.29, 1.82) is 0 Å². The average molecular weight is 287 g/mol. The molecular weight excluding hydrogens is 283 g/mol. The summed E-state index contributed by atoms with van der Waals surface area (Å²) in [6, 6.07) is 2.47. The van der Waals surface area contributed by atoms with Gasteiger partial charge in [-0.05, 0) is 12.1 Å². The Morgan fingerprint density at radius 2 is 1.76 bits per heavy atom. The molecule has 0 bridgehead atoms. The van der Waals surface area contributed by atoms with Crippen molar-refractivity contribution >= 4 is 34.2 Å². The smallest absolute Gasteiger partial charge is 0.337 e. The number of nitrogens with zero attached hydrogens (tertiary/aromatic N) is 1. The highest BCUT2D eigenvalue weighted by atomic mass is 35.5. The Balaban J connectivity index is 2.59. The first-order valence-corrected chi connectivity index (χ1v) is 5.09. The van der Waals surface area contributed by atoms with Gasteiger partial charge in [-0.25, -0.2) is 13.8 Å². The zero-order chi connectivity index (χ0) is 12.8. The van der Waals surface area contributed by atoms with Crippen LogP contribution in [-0.2, 0) is 5.92 Å². The number of halogens is 6. The van der Waals surface area contributed by atoms with Crippen molar-refractivity contribution < 1.29 is 17.6 Å². The van der Waals surface area contributed by atoms with E-state index < -0.39 is 18.2 Å². The van der Waals surface area contributed by atoms with E-state index in [1.54, 1.807) is 0 Å². The first kappa shape index (κ1) is 12.4. The predicted molar refractivity (Wildman–Crippen MR) is 56.0 cm³/mol. The molecule has 8 heteroatoms. The van der Waals surface area contributed by atoms with Gasteiger partial charge >= 0.3 is 12.3 Å². The molecule has 1 aromatic carbocycles. The van der Waals surface area contributed by atoms with Gasteiger partial charge in [-0.2, -0.15) is 8.78 Å². The Labute approximate surface area is 103 Å². The van der Waals surface area contributed by atoms with Crippen molar-refractivity contribution in [3.8, 4) is 0 Å². The van der Waals surface area contributed by atoms with Crippen molar-refractivity contribution in [3.63, 3.8) is 0 Å². The van der Waals surface area contributed by atoms with Gasteiger partial charge in [-0.1, -0.05) is 23.2 Å². The number of hydrogen-bond acceptors (Lipinski definition) is 1. The van der Waals surface area contributed by atoms with Crippen LogP contribution in [0.5, 0.6) is 0 Å². The number of alkyl halides is 4. The van der Waals surface area contributed by atoms with Crippen LogP contribution in [0, 0.1) is 0 Å². The third-order valence-electron chi connectivity index (χ3n) is 2.11. The molecule has 0 fully saturated rings. The van der Waals surface area contributed by atoms with E-state index in [0.717, 1.165) is 0 Å². The minimum atomic E-state index is -4.34. The molecule has 0 radical (unpaired) electrons. The number of hydrogen-bond donors (Lipinski definition) is 1. The maximum Gasteiger partial charge on any atom is 0.363 e. The van der Waals surface area contributed by atoms with Crippen LogP contribution in [-0.4, -0.2) is 16.4 Å². The zero-order valence-corrected chi connectivity index (χ0v) is 9.46. The van der Waals surface area contributed by atoms with Crippen LogP contribution in [0.4, 0.5) is 17.6 Å². The highest BCUT2D eigenvalue weighted by molar-refractivity contribution is 6.42. The molecule has 2 nitrogen and oxygen atoms in total. The quantitative estimate of drug-likeness (QED) is 0.823. The van der Waals surface area contributed by atoms with E-state index in [0.29, 0.717) is 0 Å². The molecule has 0 aliphatic rings. The molecule has 2 rings (SSSR count). The average Bonchev–Trinajstić information content (AvgIpc) is 2.62. The van der Waals surface area contributed by atoms with Crippen molar-refractivity contribution in [2.45, 2.75) is 12.3 Å². The summed E-state index contributed by atoms with van der Waals surface area (Å²) in [6.07, 6.45) is -3.84. The number of aromatic amines is 1. The van der Waals surface area contributed by atoms with E-state index in [2.05, 4.69) is 9.97 Å². The number of imidazole rings is 1. The van der Waals surface area contributed by atoms with Crippen LogP contribution in [0.3, 0.4) is 0 Å². The normalized spacial score (nSPS) is 12.6. The van der Waals surface area contributed by atoms with Gasteiger partial charge < -0.3 is 4.98 Å². The van der Waals surface area contributed by atoms with Gasteiger partial charge in [0.2, 0.25) is 0 Å². The van der Waals surface area contributed by atoms with E-state index in [9.17, 15) is 17.6 Å². The number of benzene rings is 1. The third-order valence-corrected chi connectivity index (χ3v) is 2.84. The van der Waals surface area contributed by atoms with Gasteiger partial charge in [0, 0.05) is 0 Å². The molecule has 0 spiro atoms. The second kappa shape index (κ2) is 4.03. The molecule has 17 heavy (non-hydrogen) atoms. The van der Waals surface area contributed by atoms with Crippen LogP contribution < -0.4 is 0 Å². The van der Waals surface area contributed by atoms with Gasteiger partial charge in [0.1, 0.15) is 0 Å². The van der Waals surface area contributed by atoms with Crippen molar-refractivity contribution in [1.82, 2.24) is 9.97 Å². The van der Waals surface area contributed by atoms with Gasteiger partial charge in [0.25, 0.3) is 0 Å². The number of nitrogens with one attached hydrogen (secondary N) is 1. The molecule has 0 aliphatic heterocycles. The molecule has 0 saturated heterocycles. The van der Waals surface area contributed by atoms with Crippen LogP contribution in [0.15, 0.2) is 12.1 Å². The molecule has 2 aromatic rings. The molecule has 0 saturated carbocycles. The monoisotopic (exact) mass is 286 g/mol. The molecule has 0 aliphatic carbocycles. The van der Waals surface area contributed by atoms with E-state index in [-0.39, 0.29) is 21.1 Å². The summed E-state index contributed by atoms with van der Waals surface area (Å²) in [4.78, 5) is 5.48. The standard InChI is InChI=1S/C9H4Cl2F4N2/c10-3-1-5-6(2-4(3)11)17-8(16-5)9(14,15)7(12)13/h1-2,7H,(H,16,17). The highest BCUT2D eigenvalue weighted by Gasteiger charge is 2.45. The molecule has 1 heterocycles. The molecule has 1 aromatic heterocycles. The Hall–Kier alpha value is -1.01. The summed E-state index contributed by atoms with van der Waals surface area (Å²) in [5, 5.41) is 0.229. The van der Waals surface area contributed by atoms with Crippen LogP contribution >= 0.6 is 23.2 Å². The van der Waals surface area contributed by atoms with Crippen molar-refractivity contribution in [2.75, 3.05) is 0 Å². The summed E-state index contributed by atoms with van der Waals surface area (Å²) < 4.78 is 50.3. The number of aromatic nitrogens is 2. The summed E-state index contributed by atoms with van der Waals surface area (Å²) in [6.45, 7) is 0. The lowest BCUT2D eigenvalue weighted by Crippen LogP contribution is -2.25. The van der Waals surface area contributed by atoms with Crippen molar-refractivity contribution in [2.24, 2.45) is 0 Å². The molecule has 0 amide bonds. The lowest BCUT2D eigenvalue weighted by Gasteiger charge is -2.11.